The van der Waals surface area contributed by atoms with Crippen LogP contribution in [0.5, 0.6) is 17.2 Å². The van der Waals surface area contributed by atoms with E-state index in [1.165, 1.54) is 171 Å². The summed E-state index contributed by atoms with van der Waals surface area (Å²) in [6.45, 7) is 52.7. The molecule has 0 spiro atoms. The maximum Gasteiger partial charge on any atom is 0.200 e. The summed E-state index contributed by atoms with van der Waals surface area (Å²) in [5.41, 5.74) is 9.81. The number of aryl methyl sites for hydroxylation is 1. The van der Waals surface area contributed by atoms with E-state index in [9.17, 15) is 0 Å². The summed E-state index contributed by atoms with van der Waals surface area (Å²) in [6, 6.07) is 13.3. The molecule has 0 aliphatic heterocycles. The lowest BCUT2D eigenvalue weighted by atomic mass is 9.89. The van der Waals surface area contributed by atoms with Crippen LogP contribution in [0.3, 0.4) is 0 Å². The van der Waals surface area contributed by atoms with E-state index < -0.39 is 25.0 Å². The topological polar surface area (TPSA) is 55.4 Å². The van der Waals surface area contributed by atoms with Crippen LogP contribution in [0.25, 0.3) is 0 Å². The third kappa shape index (κ3) is 26.8. The zero-order valence-corrected chi connectivity index (χ0v) is 62.5. The van der Waals surface area contributed by atoms with E-state index in [2.05, 4.69) is 175 Å². The van der Waals surface area contributed by atoms with Gasteiger partial charge in [-0.3, -0.25) is 0 Å². The fraction of sp³-hybridized carbons (Fsp3) is 0.840. The van der Waals surface area contributed by atoms with Gasteiger partial charge in [-0.15, -0.1) is 0 Å². The zero-order valence-electron chi connectivity index (χ0n) is 59.5. The van der Waals surface area contributed by atoms with Gasteiger partial charge in [-0.1, -0.05) is 279 Å². The minimum atomic E-state index is -1.75. The van der Waals surface area contributed by atoms with Crippen LogP contribution in [-0.4, -0.2) is 64.6 Å². The summed E-state index contributed by atoms with van der Waals surface area (Å²) < 4.78 is 39.9. The van der Waals surface area contributed by atoms with E-state index >= 15 is 0 Å². The van der Waals surface area contributed by atoms with Gasteiger partial charge in [0.05, 0.1) is 19.8 Å². The first-order valence-corrected chi connectivity index (χ1v) is 42.5. The first kappa shape index (κ1) is 78.5. The molecule has 2 aromatic carbocycles. The van der Waals surface area contributed by atoms with Crippen molar-refractivity contribution in [1.29, 1.82) is 0 Å². The molecule has 6 nitrogen and oxygen atoms in total. The van der Waals surface area contributed by atoms with Crippen molar-refractivity contribution in [2.24, 2.45) is 0 Å². The highest BCUT2D eigenvalue weighted by Gasteiger charge is 2.47. The van der Waals surface area contributed by atoms with Gasteiger partial charge in [0.15, 0.2) is 25.0 Å². The number of hydrogen-bond donors (Lipinski definition) is 0. The molecule has 2 aromatic rings. The highest BCUT2D eigenvalue weighted by Crippen LogP contribution is 2.45. The van der Waals surface area contributed by atoms with Gasteiger partial charge in [-0.25, -0.2) is 0 Å². The molecular weight excluding hydrogens is 1080 g/mol. The molecule has 1 atom stereocenters. The smallest absolute Gasteiger partial charge is 0.200 e. The first-order chi connectivity index (χ1) is 40.0. The fourth-order valence-corrected chi connectivity index (χ4v) is 32.1. The van der Waals surface area contributed by atoms with E-state index in [4.69, 9.17) is 27.5 Å². The quantitative estimate of drug-likeness (QED) is 0.0486. The highest BCUT2D eigenvalue weighted by atomic mass is 28.4. The molecule has 0 fully saturated rings. The number of hydrogen-bond acceptors (Lipinski definition) is 6. The van der Waals surface area contributed by atoms with E-state index in [0.29, 0.717) is 49.9 Å². The lowest BCUT2D eigenvalue weighted by molar-refractivity contribution is 0.267. The molecule has 0 aromatic heterocycles. The van der Waals surface area contributed by atoms with E-state index in [0.717, 1.165) is 76.2 Å². The third-order valence-corrected chi connectivity index (χ3v) is 38.4. The third-order valence-electron chi connectivity index (χ3n) is 20.0. The SMILES string of the molecule is Cc1cc(OCCCCCCCCCCCO[Si](C(C)C)(C(C)C)C(C)C)ccc1C(C)c1ccc(OCCCCCCCCCCCO[Si](C(C)C)(C(C)C)C(C)C)cc1OCCCCCCCCCCCO[Si](C(C)C)(C(C)C)C(C)C. The average molecular weight is 1220 g/mol. The molecular formula is C75H142O6Si3. The maximum atomic E-state index is 6.81. The van der Waals surface area contributed by atoms with Gasteiger partial charge in [0.25, 0.3) is 0 Å². The molecule has 490 valence electrons. The monoisotopic (exact) mass is 1220 g/mol. The molecule has 0 amide bonds. The fourth-order valence-electron chi connectivity index (χ4n) is 15.6. The molecule has 0 bridgehead atoms. The van der Waals surface area contributed by atoms with Crippen molar-refractivity contribution in [1.82, 2.24) is 0 Å². The zero-order chi connectivity index (χ0) is 62.6. The second-order valence-electron chi connectivity index (χ2n) is 29.0. The molecule has 2 rings (SSSR count). The summed E-state index contributed by atoms with van der Waals surface area (Å²) in [4.78, 5) is 0. The number of rotatable bonds is 53. The van der Waals surface area contributed by atoms with Crippen LogP contribution < -0.4 is 14.2 Å². The van der Waals surface area contributed by atoms with Crippen molar-refractivity contribution in [3.63, 3.8) is 0 Å². The molecule has 0 aliphatic rings. The highest BCUT2D eigenvalue weighted by molar-refractivity contribution is 6.78. The van der Waals surface area contributed by atoms with E-state index in [1.807, 2.05) is 0 Å². The Morgan fingerprint density at radius 1 is 0.262 bits per heavy atom. The molecule has 84 heavy (non-hydrogen) atoms. The normalized spacial score (nSPS) is 13.2. The van der Waals surface area contributed by atoms with E-state index in [-0.39, 0.29) is 5.92 Å². The van der Waals surface area contributed by atoms with Crippen LogP contribution in [-0.2, 0) is 13.3 Å². The Morgan fingerprint density at radius 2 is 0.488 bits per heavy atom. The molecule has 9 heteroatoms. The Kier molecular flexibility index (Phi) is 41.0. The van der Waals surface area contributed by atoms with Crippen molar-refractivity contribution in [3.8, 4) is 17.2 Å². The molecule has 0 heterocycles. The van der Waals surface area contributed by atoms with Gasteiger partial charge in [0, 0.05) is 37.4 Å². The molecule has 0 saturated carbocycles. The minimum Gasteiger partial charge on any atom is -0.494 e. The van der Waals surface area contributed by atoms with Crippen molar-refractivity contribution < 1.29 is 27.5 Å². The van der Waals surface area contributed by atoms with Gasteiger partial charge in [0.2, 0.25) is 0 Å². The van der Waals surface area contributed by atoms with Gasteiger partial charge in [-0.05, 0) is 125 Å². The Bertz CT molecular complexity index is 1860. The van der Waals surface area contributed by atoms with Crippen LogP contribution in [0.1, 0.15) is 328 Å². The van der Waals surface area contributed by atoms with Crippen molar-refractivity contribution in [2.45, 2.75) is 368 Å². The molecule has 0 N–H and O–H groups in total. The molecule has 0 radical (unpaired) electrons. The van der Waals surface area contributed by atoms with Gasteiger partial charge >= 0.3 is 0 Å². The van der Waals surface area contributed by atoms with Crippen LogP contribution in [0.2, 0.25) is 49.9 Å². The predicted molar refractivity (Wildman–Crippen MR) is 377 cm³/mol. The summed E-state index contributed by atoms with van der Waals surface area (Å²) in [5, 5.41) is 0. The predicted octanol–water partition coefficient (Wildman–Crippen LogP) is 25.4. The molecule has 0 saturated heterocycles. The molecule has 1 unspecified atom stereocenters. The first-order valence-electron chi connectivity index (χ1n) is 36.1. The Morgan fingerprint density at radius 3 is 0.750 bits per heavy atom. The Hall–Kier alpha value is -1.63. The Labute approximate surface area is 527 Å². The number of benzene rings is 2. The van der Waals surface area contributed by atoms with Crippen molar-refractivity contribution in [2.75, 3.05) is 39.6 Å². The lowest BCUT2D eigenvalue weighted by Gasteiger charge is -2.42. The van der Waals surface area contributed by atoms with Crippen LogP contribution in [0.4, 0.5) is 0 Å². The number of unbranched alkanes of at least 4 members (excludes halogenated alkanes) is 24. The largest absolute Gasteiger partial charge is 0.494 e. The van der Waals surface area contributed by atoms with Crippen LogP contribution in [0.15, 0.2) is 36.4 Å². The van der Waals surface area contributed by atoms with Gasteiger partial charge in [-0.2, -0.15) is 0 Å². The second kappa shape index (κ2) is 43.9. The second-order valence-corrected chi connectivity index (χ2v) is 45.4. The lowest BCUT2D eigenvalue weighted by Crippen LogP contribution is -2.47. The molecule has 0 aliphatic carbocycles. The summed E-state index contributed by atoms with van der Waals surface area (Å²) in [7, 11) is -5.21. The van der Waals surface area contributed by atoms with Crippen molar-refractivity contribution >= 4 is 25.0 Å². The minimum absolute atomic E-state index is 0.183. The summed E-state index contributed by atoms with van der Waals surface area (Å²) >= 11 is 0. The Balaban J connectivity index is 1.85. The maximum absolute atomic E-state index is 6.81. The summed E-state index contributed by atoms with van der Waals surface area (Å²) in [6.07, 6.45) is 34.3. The van der Waals surface area contributed by atoms with Crippen molar-refractivity contribution in [3.05, 3.63) is 53.1 Å². The standard InChI is InChI=1S/C75H142O6Si3/c1-60(2)82(61(3)4,62(5)6)79-55-45-39-33-27-21-24-30-36-42-52-76-71-48-50-73(69(19)58-71)70(20)74-51-49-72(77-53-43-37-31-25-22-28-34-40-46-56-80-83(63(7)8,64(9)10)65(11)12)59-75(74)78-54-44-38-32-26-23-29-35-41-47-57-81-84(66(13)14,67(15)16)68(17)18/h48-51,58-68,70H,21-47,52-57H2,1-20H3. The summed E-state index contributed by atoms with van der Waals surface area (Å²) in [5.74, 6) is 3.06. The average Bonchev–Trinajstić information content (AvgIpc) is 3.42. The van der Waals surface area contributed by atoms with E-state index in [1.54, 1.807) is 0 Å². The van der Waals surface area contributed by atoms with Crippen LogP contribution >= 0.6 is 0 Å². The van der Waals surface area contributed by atoms with Crippen LogP contribution in [0, 0.1) is 6.92 Å². The number of ether oxygens (including phenoxy) is 3. The van der Waals surface area contributed by atoms with Gasteiger partial charge < -0.3 is 27.5 Å². The van der Waals surface area contributed by atoms with Gasteiger partial charge in [0.1, 0.15) is 17.2 Å².